The van der Waals surface area contributed by atoms with Crippen LogP contribution < -0.4 is 10.6 Å². The van der Waals surface area contributed by atoms with Crippen LogP contribution in [0.1, 0.15) is 32.6 Å². The molecule has 0 spiro atoms. The van der Waals surface area contributed by atoms with Crippen molar-refractivity contribution in [1.82, 2.24) is 10.6 Å². The topological polar surface area (TPSA) is 67.4 Å². The highest BCUT2D eigenvalue weighted by Crippen LogP contribution is 2.17. The molecule has 18 heavy (non-hydrogen) atoms. The Bertz CT molecular complexity index is 256. The molecule has 6 heteroatoms. The fourth-order valence-corrected chi connectivity index (χ4v) is 1.98. The number of ether oxygens (including phenoxy) is 1. The molecule has 0 saturated carbocycles. The molecule has 1 aliphatic heterocycles. The van der Waals surface area contributed by atoms with E-state index in [0.29, 0.717) is 18.9 Å². The van der Waals surface area contributed by atoms with Crippen molar-refractivity contribution in [3.05, 3.63) is 0 Å². The van der Waals surface area contributed by atoms with Gasteiger partial charge in [0.15, 0.2) is 0 Å². The maximum Gasteiger partial charge on any atom is 0.325 e. The van der Waals surface area contributed by atoms with Gasteiger partial charge in [0.25, 0.3) is 0 Å². The lowest BCUT2D eigenvalue weighted by molar-refractivity contribution is -0.143. The van der Waals surface area contributed by atoms with Crippen LogP contribution in [-0.4, -0.2) is 38.1 Å². The average molecular weight is 279 g/mol. The Morgan fingerprint density at radius 2 is 2.00 bits per heavy atom. The molecule has 0 aromatic carbocycles. The number of hydrogen-bond donors (Lipinski definition) is 2. The van der Waals surface area contributed by atoms with Crippen molar-refractivity contribution < 1.29 is 14.3 Å². The molecule has 1 fully saturated rings. The zero-order valence-electron chi connectivity index (χ0n) is 10.9. The van der Waals surface area contributed by atoms with Crippen LogP contribution in [0.4, 0.5) is 0 Å². The van der Waals surface area contributed by atoms with Gasteiger partial charge in [-0.15, -0.1) is 12.4 Å². The van der Waals surface area contributed by atoms with Crippen LogP contribution in [0.25, 0.3) is 0 Å². The highest BCUT2D eigenvalue weighted by molar-refractivity contribution is 5.85. The molecular formula is C12H23ClN2O3. The first-order valence-corrected chi connectivity index (χ1v) is 6.35. The molecule has 2 N–H and O–H groups in total. The number of nitrogens with one attached hydrogen (secondary N) is 2. The molecule has 0 aromatic heterocycles. The molecule has 1 heterocycles. The molecule has 0 bridgehead atoms. The summed E-state index contributed by atoms with van der Waals surface area (Å²) in [4.78, 5) is 22.5. The highest BCUT2D eigenvalue weighted by Gasteiger charge is 2.14. The average Bonchev–Trinajstić information content (AvgIpc) is 2.35. The number of carbonyl (C=O) groups excluding carboxylic acids is 2. The van der Waals surface area contributed by atoms with Gasteiger partial charge in [-0.1, -0.05) is 0 Å². The van der Waals surface area contributed by atoms with Crippen molar-refractivity contribution in [2.45, 2.75) is 32.6 Å². The van der Waals surface area contributed by atoms with E-state index < -0.39 is 0 Å². The SMILES string of the molecule is CCOC(=O)CNC(=O)CCC1CCNCC1.Cl. The first kappa shape index (κ1) is 17.2. The Morgan fingerprint density at radius 3 is 2.61 bits per heavy atom. The Labute approximate surface area is 114 Å². The highest BCUT2D eigenvalue weighted by atomic mass is 35.5. The monoisotopic (exact) mass is 278 g/mol. The van der Waals surface area contributed by atoms with Crippen LogP contribution in [0.5, 0.6) is 0 Å². The predicted molar refractivity (Wildman–Crippen MR) is 71.7 cm³/mol. The van der Waals surface area contributed by atoms with Gasteiger partial charge in [0.1, 0.15) is 6.54 Å². The summed E-state index contributed by atoms with van der Waals surface area (Å²) in [5.74, 6) is 0.212. The van der Waals surface area contributed by atoms with Gasteiger partial charge < -0.3 is 15.4 Å². The lowest BCUT2D eigenvalue weighted by atomic mass is 9.93. The lowest BCUT2D eigenvalue weighted by Crippen LogP contribution is -2.32. The number of esters is 1. The van der Waals surface area contributed by atoms with Crippen LogP contribution in [0, 0.1) is 5.92 Å². The number of hydrogen-bond acceptors (Lipinski definition) is 4. The predicted octanol–water partition coefficient (Wildman–Crippen LogP) is 0.867. The maximum absolute atomic E-state index is 11.5. The fraction of sp³-hybridized carbons (Fsp3) is 0.833. The van der Waals surface area contributed by atoms with Crippen LogP contribution in [0.2, 0.25) is 0 Å². The van der Waals surface area contributed by atoms with Crippen LogP contribution >= 0.6 is 12.4 Å². The molecule has 1 rings (SSSR count). The van der Waals surface area contributed by atoms with E-state index >= 15 is 0 Å². The molecule has 0 unspecified atom stereocenters. The number of halogens is 1. The molecule has 1 saturated heterocycles. The second kappa shape index (κ2) is 10.1. The minimum Gasteiger partial charge on any atom is -0.465 e. The van der Waals surface area contributed by atoms with Gasteiger partial charge in [-0.3, -0.25) is 9.59 Å². The van der Waals surface area contributed by atoms with Gasteiger partial charge >= 0.3 is 5.97 Å². The van der Waals surface area contributed by atoms with E-state index in [4.69, 9.17) is 4.74 Å². The van der Waals surface area contributed by atoms with Gasteiger partial charge in [0, 0.05) is 6.42 Å². The number of carbonyl (C=O) groups is 2. The van der Waals surface area contributed by atoms with Crippen molar-refractivity contribution in [3.8, 4) is 0 Å². The first-order chi connectivity index (χ1) is 8.22. The van der Waals surface area contributed by atoms with Crippen LogP contribution in [0.3, 0.4) is 0 Å². The largest absolute Gasteiger partial charge is 0.465 e. The van der Waals surface area contributed by atoms with Crippen molar-refractivity contribution >= 4 is 24.3 Å². The zero-order chi connectivity index (χ0) is 12.5. The van der Waals surface area contributed by atoms with Crippen molar-refractivity contribution in [1.29, 1.82) is 0 Å². The normalized spacial score (nSPS) is 15.6. The summed E-state index contributed by atoms with van der Waals surface area (Å²) in [5, 5.41) is 5.87. The standard InChI is InChI=1S/C12H22N2O3.ClH/c1-2-17-12(16)9-14-11(15)4-3-10-5-7-13-8-6-10;/h10,13H,2-9H2,1H3,(H,14,15);1H. The summed E-state index contributed by atoms with van der Waals surface area (Å²) in [7, 11) is 0. The third-order valence-electron chi connectivity index (χ3n) is 2.97. The molecule has 0 aliphatic carbocycles. The van der Waals surface area contributed by atoms with Gasteiger partial charge in [-0.05, 0) is 45.2 Å². The van der Waals surface area contributed by atoms with E-state index in [9.17, 15) is 9.59 Å². The van der Waals surface area contributed by atoms with E-state index in [0.717, 1.165) is 32.4 Å². The first-order valence-electron chi connectivity index (χ1n) is 6.35. The molecule has 106 valence electrons. The Kier molecular flexibility index (Phi) is 9.69. The minimum absolute atomic E-state index is 0. The number of amides is 1. The van der Waals surface area contributed by atoms with Crippen molar-refractivity contribution in [2.24, 2.45) is 5.92 Å². The Morgan fingerprint density at radius 1 is 1.33 bits per heavy atom. The van der Waals surface area contributed by atoms with Gasteiger partial charge in [-0.25, -0.2) is 0 Å². The zero-order valence-corrected chi connectivity index (χ0v) is 11.7. The molecule has 0 aromatic rings. The molecule has 0 radical (unpaired) electrons. The molecule has 0 atom stereocenters. The van der Waals surface area contributed by atoms with Gasteiger partial charge in [-0.2, -0.15) is 0 Å². The molecule has 5 nitrogen and oxygen atoms in total. The quantitative estimate of drug-likeness (QED) is 0.708. The van der Waals surface area contributed by atoms with Crippen LogP contribution in [-0.2, 0) is 14.3 Å². The van der Waals surface area contributed by atoms with E-state index in [1.807, 2.05) is 0 Å². The number of piperidine rings is 1. The summed E-state index contributed by atoms with van der Waals surface area (Å²) >= 11 is 0. The van der Waals surface area contributed by atoms with E-state index in [1.54, 1.807) is 6.92 Å². The van der Waals surface area contributed by atoms with Crippen LogP contribution in [0.15, 0.2) is 0 Å². The third-order valence-corrected chi connectivity index (χ3v) is 2.97. The van der Waals surface area contributed by atoms with E-state index in [-0.39, 0.29) is 30.8 Å². The molecule has 1 amide bonds. The fourth-order valence-electron chi connectivity index (χ4n) is 1.98. The maximum atomic E-state index is 11.5. The van der Waals surface area contributed by atoms with Gasteiger partial charge in [0.2, 0.25) is 5.91 Å². The third kappa shape index (κ3) is 7.50. The van der Waals surface area contributed by atoms with Gasteiger partial charge in [0.05, 0.1) is 6.61 Å². The Hall–Kier alpha value is -0.810. The van der Waals surface area contributed by atoms with Crippen molar-refractivity contribution in [3.63, 3.8) is 0 Å². The van der Waals surface area contributed by atoms with E-state index in [2.05, 4.69) is 10.6 Å². The molecular weight excluding hydrogens is 256 g/mol. The molecule has 1 aliphatic rings. The summed E-state index contributed by atoms with van der Waals surface area (Å²) < 4.78 is 4.72. The number of rotatable bonds is 6. The summed E-state index contributed by atoms with van der Waals surface area (Å²) in [6.45, 7) is 4.18. The van der Waals surface area contributed by atoms with Crippen molar-refractivity contribution in [2.75, 3.05) is 26.2 Å². The smallest absolute Gasteiger partial charge is 0.325 e. The van der Waals surface area contributed by atoms with E-state index in [1.165, 1.54) is 0 Å². The summed E-state index contributed by atoms with van der Waals surface area (Å²) in [6.07, 6.45) is 3.71. The summed E-state index contributed by atoms with van der Waals surface area (Å²) in [6, 6.07) is 0. The summed E-state index contributed by atoms with van der Waals surface area (Å²) in [5.41, 5.74) is 0. The second-order valence-corrected chi connectivity index (χ2v) is 4.31. The lowest BCUT2D eigenvalue weighted by Gasteiger charge is -2.22. The Balaban J connectivity index is 0.00000289. The minimum atomic E-state index is -0.372. The second-order valence-electron chi connectivity index (χ2n) is 4.31.